The monoisotopic (exact) mass is 263 g/mol. The first-order chi connectivity index (χ1) is 9.28. The zero-order chi connectivity index (χ0) is 13.2. The lowest BCUT2D eigenvalue weighted by atomic mass is 10.1. The standard InChI is InChI=1S/C15H22FN3/c16-14-10-12(5-6-17)3-4-15(14)19-9-8-18-7-1-2-13(18)11-19/h3-4,10,13H,1-2,5-9,11,17H2. The van der Waals surface area contributed by atoms with Crippen LogP contribution < -0.4 is 10.6 Å². The van der Waals surface area contributed by atoms with Crippen LogP contribution in [0.15, 0.2) is 18.2 Å². The van der Waals surface area contributed by atoms with Gasteiger partial charge in [-0.1, -0.05) is 6.07 Å². The molecule has 0 aliphatic carbocycles. The van der Waals surface area contributed by atoms with E-state index in [0.29, 0.717) is 12.6 Å². The second kappa shape index (κ2) is 5.47. The number of nitrogens with two attached hydrogens (primary N) is 1. The summed E-state index contributed by atoms with van der Waals surface area (Å²) in [5, 5.41) is 0. The van der Waals surface area contributed by atoms with Crippen LogP contribution in [0.1, 0.15) is 18.4 Å². The highest BCUT2D eigenvalue weighted by Crippen LogP contribution is 2.27. The summed E-state index contributed by atoms with van der Waals surface area (Å²) in [6.45, 7) is 4.75. The SMILES string of the molecule is NCCc1ccc(N2CCN3CCCC3C2)c(F)c1. The van der Waals surface area contributed by atoms with Gasteiger partial charge in [-0.2, -0.15) is 0 Å². The molecule has 19 heavy (non-hydrogen) atoms. The van der Waals surface area contributed by atoms with Gasteiger partial charge < -0.3 is 10.6 Å². The fraction of sp³-hybridized carbons (Fsp3) is 0.600. The second-order valence-electron chi connectivity index (χ2n) is 5.60. The Morgan fingerprint density at radius 1 is 1.26 bits per heavy atom. The summed E-state index contributed by atoms with van der Waals surface area (Å²) >= 11 is 0. The van der Waals surface area contributed by atoms with E-state index in [0.717, 1.165) is 37.3 Å². The van der Waals surface area contributed by atoms with Gasteiger partial charge in [-0.3, -0.25) is 4.90 Å². The largest absolute Gasteiger partial charge is 0.366 e. The fourth-order valence-corrected chi connectivity index (χ4v) is 3.34. The summed E-state index contributed by atoms with van der Waals surface area (Å²) in [6.07, 6.45) is 3.29. The van der Waals surface area contributed by atoms with Crippen molar-refractivity contribution in [2.45, 2.75) is 25.3 Å². The Morgan fingerprint density at radius 2 is 2.16 bits per heavy atom. The number of hydrogen-bond acceptors (Lipinski definition) is 3. The molecule has 2 aliphatic heterocycles. The molecule has 1 aromatic carbocycles. The van der Waals surface area contributed by atoms with E-state index in [4.69, 9.17) is 5.73 Å². The number of hydrogen-bond donors (Lipinski definition) is 1. The Bertz CT molecular complexity index is 449. The van der Waals surface area contributed by atoms with E-state index in [2.05, 4.69) is 9.80 Å². The van der Waals surface area contributed by atoms with E-state index in [9.17, 15) is 4.39 Å². The Balaban J connectivity index is 1.75. The quantitative estimate of drug-likeness (QED) is 0.899. The Labute approximate surface area is 114 Å². The molecule has 0 radical (unpaired) electrons. The Morgan fingerprint density at radius 3 is 2.95 bits per heavy atom. The summed E-state index contributed by atoms with van der Waals surface area (Å²) in [7, 11) is 0. The van der Waals surface area contributed by atoms with Crippen molar-refractivity contribution in [1.29, 1.82) is 0 Å². The number of rotatable bonds is 3. The van der Waals surface area contributed by atoms with Gasteiger partial charge in [0.25, 0.3) is 0 Å². The van der Waals surface area contributed by atoms with Gasteiger partial charge in [-0.05, 0) is 50.0 Å². The lowest BCUT2D eigenvalue weighted by molar-refractivity contribution is 0.230. The minimum absolute atomic E-state index is 0.0996. The molecule has 1 unspecified atom stereocenters. The van der Waals surface area contributed by atoms with Crippen LogP contribution in [0, 0.1) is 5.82 Å². The number of fused-ring (bicyclic) bond motifs is 1. The van der Waals surface area contributed by atoms with Crippen LogP contribution in [0.2, 0.25) is 0 Å². The molecule has 3 nitrogen and oxygen atoms in total. The summed E-state index contributed by atoms with van der Waals surface area (Å²) in [5.41, 5.74) is 7.26. The van der Waals surface area contributed by atoms with E-state index in [1.54, 1.807) is 6.07 Å². The predicted octanol–water partition coefficient (Wildman–Crippen LogP) is 1.61. The molecular weight excluding hydrogens is 241 g/mol. The van der Waals surface area contributed by atoms with Crippen LogP contribution in [0.3, 0.4) is 0 Å². The van der Waals surface area contributed by atoms with E-state index in [1.165, 1.54) is 19.4 Å². The molecule has 1 aromatic rings. The predicted molar refractivity (Wildman–Crippen MR) is 76.0 cm³/mol. The average Bonchev–Trinajstić information content (AvgIpc) is 2.86. The first-order valence-corrected chi connectivity index (χ1v) is 7.25. The molecule has 2 N–H and O–H groups in total. The van der Waals surface area contributed by atoms with Gasteiger partial charge in [0.05, 0.1) is 5.69 Å². The van der Waals surface area contributed by atoms with Crippen LogP contribution in [0.5, 0.6) is 0 Å². The van der Waals surface area contributed by atoms with Gasteiger partial charge in [0.1, 0.15) is 5.82 Å². The summed E-state index contributed by atoms with van der Waals surface area (Å²) in [5.74, 6) is -0.0996. The van der Waals surface area contributed by atoms with Crippen molar-refractivity contribution in [2.75, 3.05) is 37.6 Å². The van der Waals surface area contributed by atoms with E-state index >= 15 is 0 Å². The van der Waals surface area contributed by atoms with Gasteiger partial charge in [0.2, 0.25) is 0 Å². The van der Waals surface area contributed by atoms with Crippen molar-refractivity contribution < 1.29 is 4.39 Å². The van der Waals surface area contributed by atoms with Crippen LogP contribution in [0.25, 0.3) is 0 Å². The second-order valence-corrected chi connectivity index (χ2v) is 5.60. The van der Waals surface area contributed by atoms with Gasteiger partial charge in [0, 0.05) is 25.7 Å². The molecule has 2 heterocycles. The van der Waals surface area contributed by atoms with Gasteiger partial charge >= 0.3 is 0 Å². The summed E-state index contributed by atoms with van der Waals surface area (Å²) < 4.78 is 14.2. The highest BCUT2D eigenvalue weighted by atomic mass is 19.1. The van der Waals surface area contributed by atoms with Crippen LogP contribution >= 0.6 is 0 Å². The lowest BCUT2D eigenvalue weighted by Gasteiger charge is -2.39. The van der Waals surface area contributed by atoms with Crippen molar-refractivity contribution in [3.63, 3.8) is 0 Å². The molecule has 1 atom stereocenters. The molecule has 2 fully saturated rings. The van der Waals surface area contributed by atoms with E-state index in [1.807, 2.05) is 12.1 Å². The van der Waals surface area contributed by atoms with Crippen molar-refractivity contribution in [3.8, 4) is 0 Å². The maximum atomic E-state index is 14.2. The number of nitrogens with zero attached hydrogens (tertiary/aromatic N) is 2. The highest BCUT2D eigenvalue weighted by Gasteiger charge is 2.31. The van der Waals surface area contributed by atoms with Crippen molar-refractivity contribution >= 4 is 5.69 Å². The summed E-state index contributed by atoms with van der Waals surface area (Å²) in [6, 6.07) is 6.19. The van der Waals surface area contributed by atoms with Crippen molar-refractivity contribution in [2.24, 2.45) is 5.73 Å². The van der Waals surface area contributed by atoms with Crippen molar-refractivity contribution in [3.05, 3.63) is 29.6 Å². The van der Waals surface area contributed by atoms with E-state index < -0.39 is 0 Å². The zero-order valence-corrected chi connectivity index (χ0v) is 11.3. The highest BCUT2D eigenvalue weighted by molar-refractivity contribution is 5.50. The third-order valence-electron chi connectivity index (χ3n) is 4.37. The summed E-state index contributed by atoms with van der Waals surface area (Å²) in [4.78, 5) is 4.74. The van der Waals surface area contributed by atoms with Crippen LogP contribution in [-0.2, 0) is 6.42 Å². The fourth-order valence-electron chi connectivity index (χ4n) is 3.34. The number of piperazine rings is 1. The third kappa shape index (κ3) is 2.60. The van der Waals surface area contributed by atoms with Crippen LogP contribution in [-0.4, -0.2) is 43.7 Å². The molecule has 0 bridgehead atoms. The molecular formula is C15H22FN3. The third-order valence-corrected chi connectivity index (χ3v) is 4.37. The zero-order valence-electron chi connectivity index (χ0n) is 11.3. The minimum atomic E-state index is -0.0996. The molecule has 0 aromatic heterocycles. The van der Waals surface area contributed by atoms with Crippen molar-refractivity contribution in [1.82, 2.24) is 4.90 Å². The maximum Gasteiger partial charge on any atom is 0.146 e. The van der Waals surface area contributed by atoms with E-state index in [-0.39, 0.29) is 5.82 Å². The average molecular weight is 263 g/mol. The minimum Gasteiger partial charge on any atom is -0.366 e. The number of halogens is 1. The molecule has 0 amide bonds. The molecule has 2 aliphatic rings. The normalized spacial score (nSPS) is 23.7. The van der Waals surface area contributed by atoms with Crippen LogP contribution in [0.4, 0.5) is 10.1 Å². The van der Waals surface area contributed by atoms with Gasteiger partial charge in [-0.25, -0.2) is 4.39 Å². The Kier molecular flexibility index (Phi) is 3.71. The molecule has 104 valence electrons. The first kappa shape index (κ1) is 12.9. The molecule has 2 saturated heterocycles. The molecule has 3 rings (SSSR count). The topological polar surface area (TPSA) is 32.5 Å². The Hall–Kier alpha value is -1.13. The van der Waals surface area contributed by atoms with Gasteiger partial charge in [0.15, 0.2) is 0 Å². The lowest BCUT2D eigenvalue weighted by Crippen LogP contribution is -2.50. The molecule has 0 spiro atoms. The smallest absolute Gasteiger partial charge is 0.146 e. The van der Waals surface area contributed by atoms with Gasteiger partial charge in [-0.15, -0.1) is 0 Å². The first-order valence-electron chi connectivity index (χ1n) is 7.25. The molecule has 4 heteroatoms. The molecule has 0 saturated carbocycles. The number of benzene rings is 1. The number of anilines is 1. The maximum absolute atomic E-state index is 14.2.